The first kappa shape index (κ1) is 17.7. The molecule has 0 saturated carbocycles. The number of aryl methyl sites for hydroxylation is 2. The Morgan fingerprint density at radius 2 is 1.88 bits per heavy atom. The minimum absolute atomic E-state index is 0.151. The Morgan fingerprint density at radius 1 is 1.15 bits per heavy atom. The van der Waals surface area contributed by atoms with Crippen LogP contribution in [0.5, 0.6) is 0 Å². The molecule has 0 aliphatic carbocycles. The molecule has 1 N–H and O–H groups in total. The van der Waals surface area contributed by atoms with Crippen molar-refractivity contribution < 1.29 is 5.11 Å². The Labute approximate surface area is 156 Å². The van der Waals surface area contributed by atoms with E-state index in [0.717, 1.165) is 50.4 Å². The predicted molar refractivity (Wildman–Crippen MR) is 103 cm³/mol. The number of likely N-dealkylation sites (tertiary alicyclic amines) is 2. The highest BCUT2D eigenvalue weighted by Gasteiger charge is 2.46. The first-order valence-corrected chi connectivity index (χ1v) is 9.80. The van der Waals surface area contributed by atoms with E-state index >= 15 is 0 Å². The smallest absolute Gasteiger partial charge is 0.108 e. The van der Waals surface area contributed by atoms with Crippen molar-refractivity contribution in [3.05, 3.63) is 53.3 Å². The van der Waals surface area contributed by atoms with E-state index in [2.05, 4.69) is 40.2 Å². The standard InChI is InChI=1S/C21H30N4O/c1-17-18(14-23(2)22-17)15-24-13-10-21(26,19-8-4-3-5-9-19)20(16-24)25-11-6-7-12-25/h3-5,8-9,14,20,26H,6-7,10-13,15-16H2,1-2H3/t20-,21+/m1/s1. The largest absolute Gasteiger partial charge is 0.383 e. The van der Waals surface area contributed by atoms with Gasteiger partial charge in [-0.1, -0.05) is 30.3 Å². The molecule has 2 aromatic rings. The highest BCUT2D eigenvalue weighted by Crippen LogP contribution is 2.37. The van der Waals surface area contributed by atoms with Crippen molar-refractivity contribution in [2.45, 2.75) is 44.4 Å². The van der Waals surface area contributed by atoms with Crippen LogP contribution >= 0.6 is 0 Å². The zero-order chi connectivity index (χ0) is 18.1. The number of hydrogen-bond acceptors (Lipinski definition) is 4. The molecular weight excluding hydrogens is 324 g/mol. The number of piperidine rings is 1. The normalized spacial score (nSPS) is 27.9. The second-order valence-electron chi connectivity index (χ2n) is 7.95. The zero-order valence-electron chi connectivity index (χ0n) is 15.9. The molecule has 5 nitrogen and oxygen atoms in total. The Morgan fingerprint density at radius 3 is 2.54 bits per heavy atom. The average Bonchev–Trinajstić information content (AvgIpc) is 3.27. The quantitative estimate of drug-likeness (QED) is 0.915. The number of aromatic nitrogens is 2. The number of hydrogen-bond donors (Lipinski definition) is 1. The van der Waals surface area contributed by atoms with Crippen LogP contribution < -0.4 is 0 Å². The lowest BCUT2D eigenvalue weighted by Gasteiger charge is -2.48. The van der Waals surface area contributed by atoms with E-state index in [9.17, 15) is 5.11 Å². The maximum atomic E-state index is 11.7. The van der Waals surface area contributed by atoms with Gasteiger partial charge < -0.3 is 5.11 Å². The van der Waals surface area contributed by atoms with E-state index < -0.39 is 5.60 Å². The summed E-state index contributed by atoms with van der Waals surface area (Å²) in [5.41, 5.74) is 2.70. The molecule has 4 rings (SSSR count). The summed E-state index contributed by atoms with van der Waals surface area (Å²) in [5.74, 6) is 0. The second kappa shape index (κ2) is 7.14. The fraction of sp³-hybridized carbons (Fsp3) is 0.571. The maximum absolute atomic E-state index is 11.7. The van der Waals surface area contributed by atoms with Crippen LogP contribution in [0.1, 0.15) is 36.1 Å². The molecular formula is C21H30N4O. The molecule has 2 fully saturated rings. The van der Waals surface area contributed by atoms with Gasteiger partial charge in [-0.15, -0.1) is 0 Å². The molecule has 5 heteroatoms. The molecule has 2 aliphatic heterocycles. The summed E-state index contributed by atoms with van der Waals surface area (Å²) in [4.78, 5) is 5.00. The number of benzene rings is 1. The fourth-order valence-corrected chi connectivity index (χ4v) is 4.70. The van der Waals surface area contributed by atoms with Gasteiger partial charge in [0.25, 0.3) is 0 Å². The lowest BCUT2D eigenvalue weighted by atomic mass is 9.79. The first-order valence-electron chi connectivity index (χ1n) is 9.80. The molecule has 1 aromatic carbocycles. The molecule has 1 aromatic heterocycles. The Hall–Kier alpha value is -1.69. The van der Waals surface area contributed by atoms with Crippen LogP contribution in [0, 0.1) is 6.92 Å². The monoisotopic (exact) mass is 354 g/mol. The third kappa shape index (κ3) is 3.31. The molecule has 0 radical (unpaired) electrons. The van der Waals surface area contributed by atoms with Gasteiger partial charge in [0.2, 0.25) is 0 Å². The molecule has 2 atom stereocenters. The molecule has 2 aliphatic rings. The van der Waals surface area contributed by atoms with Gasteiger partial charge in [-0.05, 0) is 44.8 Å². The predicted octanol–water partition coefficient (Wildman–Crippen LogP) is 2.29. The highest BCUT2D eigenvalue weighted by molar-refractivity contribution is 5.26. The Balaban J connectivity index is 1.57. The summed E-state index contributed by atoms with van der Waals surface area (Å²) >= 11 is 0. The summed E-state index contributed by atoms with van der Waals surface area (Å²) in [6, 6.07) is 10.4. The van der Waals surface area contributed by atoms with Gasteiger partial charge in [-0.25, -0.2) is 0 Å². The van der Waals surface area contributed by atoms with Crippen molar-refractivity contribution in [2.75, 3.05) is 26.2 Å². The second-order valence-corrected chi connectivity index (χ2v) is 7.95. The van der Waals surface area contributed by atoms with Crippen molar-refractivity contribution in [3.8, 4) is 0 Å². The number of rotatable bonds is 4. The SMILES string of the molecule is Cc1nn(C)cc1CN1CC[C@](O)(c2ccccc2)[C@H](N2CCCC2)C1. The minimum Gasteiger partial charge on any atom is -0.383 e. The van der Waals surface area contributed by atoms with Gasteiger partial charge in [0.05, 0.1) is 11.7 Å². The Kier molecular flexibility index (Phi) is 4.86. The van der Waals surface area contributed by atoms with Crippen LogP contribution in [-0.2, 0) is 19.2 Å². The molecule has 0 amide bonds. The summed E-state index contributed by atoms with van der Waals surface area (Å²) in [6.45, 7) is 7.00. The molecule has 2 saturated heterocycles. The van der Waals surface area contributed by atoms with Crippen LogP contribution in [0.3, 0.4) is 0 Å². The van der Waals surface area contributed by atoms with Gasteiger partial charge in [-0.2, -0.15) is 5.10 Å². The summed E-state index contributed by atoms with van der Waals surface area (Å²) < 4.78 is 1.90. The van der Waals surface area contributed by atoms with Crippen molar-refractivity contribution in [1.29, 1.82) is 0 Å². The lowest BCUT2D eigenvalue weighted by molar-refractivity contribution is -0.0959. The van der Waals surface area contributed by atoms with E-state index in [0.29, 0.717) is 0 Å². The third-order valence-electron chi connectivity index (χ3n) is 6.16. The molecule has 0 spiro atoms. The van der Waals surface area contributed by atoms with Crippen molar-refractivity contribution in [2.24, 2.45) is 7.05 Å². The Bertz CT molecular complexity index is 738. The van der Waals surface area contributed by atoms with E-state index in [-0.39, 0.29) is 6.04 Å². The van der Waals surface area contributed by atoms with Crippen molar-refractivity contribution >= 4 is 0 Å². The van der Waals surface area contributed by atoms with Gasteiger partial charge in [-0.3, -0.25) is 14.5 Å². The van der Waals surface area contributed by atoms with Crippen molar-refractivity contribution in [1.82, 2.24) is 19.6 Å². The van der Waals surface area contributed by atoms with Crippen LogP contribution in [0.2, 0.25) is 0 Å². The molecule has 3 heterocycles. The van der Waals surface area contributed by atoms with E-state index in [1.165, 1.54) is 18.4 Å². The number of aliphatic hydroxyl groups is 1. The van der Waals surface area contributed by atoms with Gasteiger partial charge >= 0.3 is 0 Å². The summed E-state index contributed by atoms with van der Waals surface area (Å²) in [7, 11) is 1.98. The van der Waals surface area contributed by atoms with Gasteiger partial charge in [0.1, 0.15) is 5.60 Å². The maximum Gasteiger partial charge on any atom is 0.108 e. The van der Waals surface area contributed by atoms with Crippen LogP contribution in [0.25, 0.3) is 0 Å². The fourth-order valence-electron chi connectivity index (χ4n) is 4.70. The summed E-state index contributed by atoms with van der Waals surface area (Å²) in [6.07, 6.45) is 5.38. The molecule has 140 valence electrons. The van der Waals surface area contributed by atoms with Crippen LogP contribution in [0.4, 0.5) is 0 Å². The van der Waals surface area contributed by atoms with Gasteiger partial charge in [0, 0.05) is 38.4 Å². The highest BCUT2D eigenvalue weighted by atomic mass is 16.3. The van der Waals surface area contributed by atoms with Crippen molar-refractivity contribution in [3.63, 3.8) is 0 Å². The number of nitrogens with zero attached hydrogens (tertiary/aromatic N) is 4. The van der Waals surface area contributed by atoms with Crippen LogP contribution in [-0.4, -0.2) is 56.9 Å². The zero-order valence-corrected chi connectivity index (χ0v) is 15.9. The topological polar surface area (TPSA) is 44.5 Å². The van der Waals surface area contributed by atoms with Gasteiger partial charge in [0.15, 0.2) is 0 Å². The van der Waals surface area contributed by atoms with E-state index in [4.69, 9.17) is 0 Å². The first-order chi connectivity index (χ1) is 12.6. The minimum atomic E-state index is -0.758. The summed E-state index contributed by atoms with van der Waals surface area (Å²) in [5, 5.41) is 16.2. The average molecular weight is 354 g/mol. The van der Waals surface area contributed by atoms with E-state index in [1.54, 1.807) is 0 Å². The van der Waals surface area contributed by atoms with Crippen LogP contribution in [0.15, 0.2) is 36.5 Å². The van der Waals surface area contributed by atoms with E-state index in [1.807, 2.05) is 29.9 Å². The third-order valence-corrected chi connectivity index (χ3v) is 6.16. The molecule has 0 unspecified atom stereocenters. The lowest BCUT2D eigenvalue weighted by Crippen LogP contribution is -2.60. The molecule has 0 bridgehead atoms. The molecule has 26 heavy (non-hydrogen) atoms.